The zero-order valence-corrected chi connectivity index (χ0v) is 15.6. The van der Waals surface area contributed by atoms with Crippen molar-refractivity contribution >= 4 is 39.1 Å². The summed E-state index contributed by atoms with van der Waals surface area (Å²) in [6, 6.07) is 7.83. The summed E-state index contributed by atoms with van der Waals surface area (Å²) in [4.78, 5) is 17.1. The van der Waals surface area contributed by atoms with Crippen molar-refractivity contribution in [1.82, 2.24) is 19.9 Å². The first-order chi connectivity index (χ1) is 12.7. The number of hydrogen-bond acceptors (Lipinski definition) is 6. The summed E-state index contributed by atoms with van der Waals surface area (Å²) >= 11 is 7.90. The van der Waals surface area contributed by atoms with Gasteiger partial charge in [0, 0.05) is 42.5 Å². The molecule has 4 heterocycles. The Balaban J connectivity index is 1.50. The molecule has 6 nitrogen and oxygen atoms in total. The van der Waals surface area contributed by atoms with E-state index < -0.39 is 0 Å². The molecule has 0 amide bonds. The largest absolute Gasteiger partial charge is 0.481 e. The quantitative estimate of drug-likeness (QED) is 0.518. The van der Waals surface area contributed by atoms with Gasteiger partial charge in [-0.1, -0.05) is 17.7 Å². The number of pyridine rings is 2. The molecule has 0 bridgehead atoms. The fourth-order valence-corrected chi connectivity index (χ4v) is 3.95. The van der Waals surface area contributed by atoms with Crippen LogP contribution >= 0.6 is 22.9 Å². The number of fused-ring (bicyclic) bond motifs is 1. The Morgan fingerprint density at radius 3 is 2.92 bits per heavy atom. The number of aromatic amines is 1. The van der Waals surface area contributed by atoms with Crippen LogP contribution in [0.5, 0.6) is 5.88 Å². The number of H-pyrrole nitrogens is 1. The highest BCUT2D eigenvalue weighted by molar-refractivity contribution is 7.16. The zero-order valence-electron chi connectivity index (χ0n) is 14.0. The van der Waals surface area contributed by atoms with Crippen LogP contribution in [0.4, 0.5) is 5.13 Å². The molecule has 0 aliphatic heterocycles. The van der Waals surface area contributed by atoms with Gasteiger partial charge in [0.2, 0.25) is 5.88 Å². The summed E-state index contributed by atoms with van der Waals surface area (Å²) in [5.74, 6) is 0.606. The van der Waals surface area contributed by atoms with Gasteiger partial charge >= 0.3 is 0 Å². The van der Waals surface area contributed by atoms with Crippen molar-refractivity contribution in [3.63, 3.8) is 0 Å². The molecule has 8 heteroatoms. The van der Waals surface area contributed by atoms with Gasteiger partial charge in [0.1, 0.15) is 10.8 Å². The Bertz CT molecular complexity index is 1040. The smallest absolute Gasteiger partial charge is 0.218 e. The fraction of sp³-hybridized carbons (Fsp3) is 0.167. The molecule has 4 aromatic heterocycles. The molecule has 132 valence electrons. The van der Waals surface area contributed by atoms with E-state index in [4.69, 9.17) is 16.3 Å². The molecule has 2 N–H and O–H groups in total. The Labute approximate surface area is 159 Å². The first kappa shape index (κ1) is 16.8. The van der Waals surface area contributed by atoms with Gasteiger partial charge in [-0.15, -0.1) is 11.3 Å². The lowest BCUT2D eigenvalue weighted by molar-refractivity contribution is 0.393. The lowest BCUT2D eigenvalue weighted by Crippen LogP contribution is -2.02. The number of methoxy groups -OCH3 is 1. The second kappa shape index (κ2) is 7.31. The number of hydrogen-bond donors (Lipinski definition) is 2. The monoisotopic (exact) mass is 385 g/mol. The van der Waals surface area contributed by atoms with Crippen molar-refractivity contribution in [2.24, 2.45) is 0 Å². The molecule has 0 unspecified atom stereocenters. The Morgan fingerprint density at radius 2 is 2.04 bits per heavy atom. The number of anilines is 1. The number of nitrogens with zero attached hydrogens (tertiary/aromatic N) is 3. The van der Waals surface area contributed by atoms with Crippen LogP contribution in [0.3, 0.4) is 0 Å². The second-order valence-electron chi connectivity index (χ2n) is 5.65. The van der Waals surface area contributed by atoms with Gasteiger partial charge in [0.15, 0.2) is 5.13 Å². The summed E-state index contributed by atoms with van der Waals surface area (Å²) in [7, 11) is 1.61. The van der Waals surface area contributed by atoms with Crippen molar-refractivity contribution < 1.29 is 4.74 Å². The molecule has 0 aliphatic carbocycles. The number of thiazole rings is 1. The zero-order chi connectivity index (χ0) is 17.9. The van der Waals surface area contributed by atoms with E-state index in [9.17, 15) is 0 Å². The summed E-state index contributed by atoms with van der Waals surface area (Å²) in [5.41, 5.74) is 3.00. The van der Waals surface area contributed by atoms with Gasteiger partial charge in [0.05, 0.1) is 12.0 Å². The molecule has 0 spiro atoms. The van der Waals surface area contributed by atoms with E-state index in [-0.39, 0.29) is 0 Å². The number of nitrogens with one attached hydrogen (secondary N) is 2. The van der Waals surface area contributed by atoms with E-state index >= 15 is 0 Å². The maximum atomic E-state index is 6.35. The van der Waals surface area contributed by atoms with Crippen molar-refractivity contribution in [2.75, 3.05) is 12.4 Å². The first-order valence-electron chi connectivity index (χ1n) is 8.02. The SMILES string of the molecule is COc1ncccc1CNc1nc(Cl)c(Cc2c[nH]c3ncccc23)s1. The normalized spacial score (nSPS) is 11.0. The minimum atomic E-state index is 0.522. The topological polar surface area (TPSA) is 75.7 Å². The van der Waals surface area contributed by atoms with Crippen LogP contribution < -0.4 is 10.1 Å². The standard InChI is InChI=1S/C18H16ClN5OS/c1-25-17-11(4-2-7-21-17)9-23-18-24-15(19)14(26-18)8-12-10-22-16-13(12)5-3-6-20-16/h2-7,10H,8-9H2,1H3,(H,20,22)(H,23,24). The third kappa shape index (κ3) is 3.36. The van der Waals surface area contributed by atoms with Crippen LogP contribution in [0.1, 0.15) is 16.0 Å². The van der Waals surface area contributed by atoms with E-state index in [1.807, 2.05) is 24.4 Å². The minimum absolute atomic E-state index is 0.522. The van der Waals surface area contributed by atoms with Gasteiger partial charge in [-0.05, 0) is 23.8 Å². The number of ether oxygens (including phenoxy) is 1. The average molecular weight is 386 g/mol. The van der Waals surface area contributed by atoms with Crippen molar-refractivity contribution in [1.29, 1.82) is 0 Å². The van der Waals surface area contributed by atoms with E-state index in [0.717, 1.165) is 32.2 Å². The lowest BCUT2D eigenvalue weighted by Gasteiger charge is -2.06. The number of halogens is 1. The lowest BCUT2D eigenvalue weighted by atomic mass is 10.1. The predicted octanol–water partition coefficient (Wildman–Crippen LogP) is 4.28. The van der Waals surface area contributed by atoms with Gasteiger partial charge in [0.25, 0.3) is 0 Å². The Hall–Kier alpha value is -2.64. The third-order valence-corrected chi connectivity index (χ3v) is 5.45. The van der Waals surface area contributed by atoms with Crippen molar-refractivity contribution in [3.8, 4) is 5.88 Å². The van der Waals surface area contributed by atoms with Gasteiger partial charge in [-0.25, -0.2) is 15.0 Å². The van der Waals surface area contributed by atoms with Gasteiger partial charge < -0.3 is 15.0 Å². The molecule has 26 heavy (non-hydrogen) atoms. The Morgan fingerprint density at radius 1 is 1.19 bits per heavy atom. The molecule has 4 rings (SSSR count). The predicted molar refractivity (Wildman–Crippen MR) is 104 cm³/mol. The molecule has 0 atom stereocenters. The molecule has 0 radical (unpaired) electrons. The van der Waals surface area contributed by atoms with Gasteiger partial charge in [-0.2, -0.15) is 0 Å². The highest BCUT2D eigenvalue weighted by atomic mass is 35.5. The molecular formula is C18H16ClN5OS. The molecular weight excluding hydrogens is 370 g/mol. The second-order valence-corrected chi connectivity index (χ2v) is 7.09. The molecule has 4 aromatic rings. The number of aromatic nitrogens is 4. The maximum Gasteiger partial charge on any atom is 0.218 e. The summed E-state index contributed by atoms with van der Waals surface area (Å²) in [6.45, 7) is 0.567. The first-order valence-corrected chi connectivity index (χ1v) is 9.22. The molecule has 0 saturated carbocycles. The van der Waals surface area contributed by atoms with Crippen LogP contribution in [0.2, 0.25) is 5.15 Å². The minimum Gasteiger partial charge on any atom is -0.481 e. The summed E-state index contributed by atoms with van der Waals surface area (Å²) in [5, 5.41) is 5.69. The highest BCUT2D eigenvalue weighted by Gasteiger charge is 2.13. The van der Waals surface area contributed by atoms with Crippen LogP contribution in [-0.4, -0.2) is 27.0 Å². The van der Waals surface area contributed by atoms with E-state index in [1.54, 1.807) is 30.8 Å². The van der Waals surface area contributed by atoms with Crippen LogP contribution in [0, 0.1) is 0 Å². The van der Waals surface area contributed by atoms with Crippen molar-refractivity contribution in [3.05, 3.63) is 64.0 Å². The maximum absolute atomic E-state index is 6.35. The van der Waals surface area contributed by atoms with E-state index in [2.05, 4.69) is 31.3 Å². The fourth-order valence-electron chi connectivity index (χ4n) is 2.76. The molecule has 0 fully saturated rings. The molecule has 0 saturated heterocycles. The Kier molecular flexibility index (Phi) is 4.73. The highest BCUT2D eigenvalue weighted by Crippen LogP contribution is 2.31. The average Bonchev–Trinajstić information content (AvgIpc) is 3.24. The third-order valence-electron chi connectivity index (χ3n) is 4.01. The summed E-state index contributed by atoms with van der Waals surface area (Å²) < 4.78 is 5.27. The van der Waals surface area contributed by atoms with E-state index in [0.29, 0.717) is 24.0 Å². The molecule has 0 aliphatic rings. The van der Waals surface area contributed by atoms with Crippen LogP contribution in [-0.2, 0) is 13.0 Å². The van der Waals surface area contributed by atoms with Crippen LogP contribution in [0.15, 0.2) is 42.9 Å². The van der Waals surface area contributed by atoms with E-state index in [1.165, 1.54) is 0 Å². The summed E-state index contributed by atoms with van der Waals surface area (Å²) in [6.07, 6.45) is 6.16. The van der Waals surface area contributed by atoms with Crippen molar-refractivity contribution in [2.45, 2.75) is 13.0 Å². The number of rotatable bonds is 6. The van der Waals surface area contributed by atoms with Gasteiger partial charge in [-0.3, -0.25) is 0 Å². The van der Waals surface area contributed by atoms with Crippen LogP contribution in [0.25, 0.3) is 11.0 Å². The molecule has 0 aromatic carbocycles.